The topological polar surface area (TPSA) is 144 Å². The molecular weight excluding hydrogens is 537 g/mol. The van der Waals surface area contributed by atoms with Crippen LogP contribution in [0.2, 0.25) is 5.02 Å². The molecule has 2 aromatic heterocycles. The molecule has 2 heterocycles. The van der Waals surface area contributed by atoms with Gasteiger partial charge in [0.25, 0.3) is 0 Å². The molecule has 2 aromatic carbocycles. The van der Waals surface area contributed by atoms with Gasteiger partial charge in [0.15, 0.2) is 0 Å². The number of anilines is 1. The Hall–Kier alpha value is -4.28. The second-order valence-electron chi connectivity index (χ2n) is 8.50. The SMILES string of the molecule is N#Cc1[nH]ncc1-c1cc(NCCCNC(=O)CCNCc2ccc(OC(F)(F)F)c(Cl)c2)c2cn[nH]c2c1. The molecule has 0 aliphatic heterocycles. The van der Waals surface area contributed by atoms with Crippen LogP contribution in [0.15, 0.2) is 42.7 Å². The molecule has 0 atom stereocenters. The lowest BCUT2D eigenvalue weighted by Crippen LogP contribution is -2.29. The Morgan fingerprint density at radius 1 is 1.10 bits per heavy atom. The Bertz CT molecular complexity index is 1480. The van der Waals surface area contributed by atoms with E-state index in [0.717, 1.165) is 28.2 Å². The molecule has 5 N–H and O–H groups in total. The summed E-state index contributed by atoms with van der Waals surface area (Å²) in [4.78, 5) is 12.1. The van der Waals surface area contributed by atoms with E-state index in [1.807, 2.05) is 12.1 Å². The van der Waals surface area contributed by atoms with Crippen molar-refractivity contribution < 1.29 is 22.7 Å². The standard InChI is InChI=1S/C25H24ClF3N8O2/c26-19-8-15(2-3-23(19)39-25(27,28)29)12-31-7-4-24(38)33-6-1-5-32-20-9-16(10-21-18(20)14-35-36-21)17-13-34-37-22(17)11-30/h2-3,8-10,13-14,31-32H,1,4-7,12H2,(H,33,38)(H,34,37)(H,35,36). The number of nitriles is 1. The minimum Gasteiger partial charge on any atom is -0.404 e. The number of amides is 1. The lowest BCUT2D eigenvalue weighted by Gasteiger charge is -2.12. The highest BCUT2D eigenvalue weighted by atomic mass is 35.5. The summed E-state index contributed by atoms with van der Waals surface area (Å²) in [5.41, 5.74) is 4.19. The Balaban J connectivity index is 1.17. The molecule has 0 aliphatic rings. The largest absolute Gasteiger partial charge is 0.573 e. The van der Waals surface area contributed by atoms with E-state index in [2.05, 4.69) is 47.2 Å². The van der Waals surface area contributed by atoms with E-state index >= 15 is 0 Å². The summed E-state index contributed by atoms with van der Waals surface area (Å²) in [7, 11) is 0. The smallest absolute Gasteiger partial charge is 0.404 e. The number of halogens is 4. The van der Waals surface area contributed by atoms with Gasteiger partial charge in [-0.3, -0.25) is 15.0 Å². The number of hydrogen-bond acceptors (Lipinski definition) is 7. The van der Waals surface area contributed by atoms with Crippen LogP contribution in [0.4, 0.5) is 18.9 Å². The number of benzene rings is 2. The molecule has 0 unspecified atom stereocenters. The van der Waals surface area contributed by atoms with Crippen LogP contribution in [0.25, 0.3) is 22.0 Å². The number of ether oxygens (including phenoxy) is 1. The zero-order valence-corrected chi connectivity index (χ0v) is 21.2. The zero-order chi connectivity index (χ0) is 27.8. The van der Waals surface area contributed by atoms with E-state index in [1.54, 1.807) is 12.4 Å². The molecule has 10 nitrogen and oxygen atoms in total. The average molecular weight is 561 g/mol. The lowest BCUT2D eigenvalue weighted by molar-refractivity contribution is -0.274. The van der Waals surface area contributed by atoms with Crippen LogP contribution in [0, 0.1) is 11.3 Å². The van der Waals surface area contributed by atoms with Gasteiger partial charge in [-0.15, -0.1) is 13.2 Å². The van der Waals surface area contributed by atoms with Gasteiger partial charge in [0.2, 0.25) is 5.91 Å². The summed E-state index contributed by atoms with van der Waals surface area (Å²) in [6.45, 7) is 1.77. The first-order valence-corrected chi connectivity index (χ1v) is 12.3. The van der Waals surface area contributed by atoms with E-state index < -0.39 is 12.1 Å². The molecule has 4 rings (SSSR count). The number of carbonyl (C=O) groups excluding carboxylic acids is 1. The summed E-state index contributed by atoms with van der Waals surface area (Å²) in [5.74, 6) is -0.590. The van der Waals surface area contributed by atoms with E-state index in [4.69, 9.17) is 11.6 Å². The van der Waals surface area contributed by atoms with Crippen molar-refractivity contribution in [3.05, 3.63) is 59.0 Å². The molecule has 4 aromatic rings. The first-order chi connectivity index (χ1) is 18.7. The van der Waals surface area contributed by atoms with Crippen molar-refractivity contribution in [2.75, 3.05) is 25.0 Å². The van der Waals surface area contributed by atoms with Crippen molar-refractivity contribution in [2.24, 2.45) is 0 Å². The van der Waals surface area contributed by atoms with Gasteiger partial charge in [0.1, 0.15) is 17.5 Å². The zero-order valence-electron chi connectivity index (χ0n) is 20.5. The van der Waals surface area contributed by atoms with Crippen LogP contribution in [0.5, 0.6) is 5.75 Å². The first-order valence-electron chi connectivity index (χ1n) is 11.9. The Morgan fingerprint density at radius 2 is 1.92 bits per heavy atom. The molecule has 0 aliphatic carbocycles. The monoisotopic (exact) mass is 560 g/mol. The van der Waals surface area contributed by atoms with Gasteiger partial charge in [0, 0.05) is 49.2 Å². The minimum absolute atomic E-state index is 0.127. The fourth-order valence-corrected chi connectivity index (χ4v) is 4.11. The van der Waals surface area contributed by atoms with Crippen molar-refractivity contribution in [3.8, 4) is 22.9 Å². The van der Waals surface area contributed by atoms with Crippen molar-refractivity contribution in [1.82, 2.24) is 31.0 Å². The highest BCUT2D eigenvalue weighted by molar-refractivity contribution is 6.32. The third-order valence-electron chi connectivity index (χ3n) is 5.69. The molecule has 0 saturated heterocycles. The van der Waals surface area contributed by atoms with Crippen LogP contribution in [0.3, 0.4) is 0 Å². The number of carbonyl (C=O) groups is 1. The van der Waals surface area contributed by atoms with Crippen molar-refractivity contribution >= 4 is 34.1 Å². The average Bonchev–Trinajstić information content (AvgIpc) is 3.56. The quantitative estimate of drug-likeness (QED) is 0.161. The second-order valence-corrected chi connectivity index (χ2v) is 8.90. The predicted molar refractivity (Wildman–Crippen MR) is 139 cm³/mol. The Morgan fingerprint density at radius 3 is 2.69 bits per heavy atom. The molecular formula is C25H24ClF3N8O2. The van der Waals surface area contributed by atoms with Gasteiger partial charge in [-0.1, -0.05) is 17.7 Å². The summed E-state index contributed by atoms with van der Waals surface area (Å²) in [5, 5.41) is 33.0. The second kappa shape index (κ2) is 12.5. The minimum atomic E-state index is -4.81. The highest BCUT2D eigenvalue weighted by Gasteiger charge is 2.32. The van der Waals surface area contributed by atoms with Gasteiger partial charge >= 0.3 is 6.36 Å². The molecule has 0 radical (unpaired) electrons. The number of aromatic amines is 2. The van der Waals surface area contributed by atoms with Gasteiger partial charge < -0.3 is 20.7 Å². The summed E-state index contributed by atoms with van der Waals surface area (Å²) in [6, 6.07) is 9.93. The van der Waals surface area contributed by atoms with Gasteiger partial charge in [-0.25, -0.2) is 0 Å². The van der Waals surface area contributed by atoms with Crippen LogP contribution in [0.1, 0.15) is 24.1 Å². The predicted octanol–water partition coefficient (Wildman–Crippen LogP) is 4.47. The van der Waals surface area contributed by atoms with Crippen molar-refractivity contribution in [1.29, 1.82) is 5.26 Å². The van der Waals surface area contributed by atoms with Crippen LogP contribution >= 0.6 is 11.6 Å². The van der Waals surface area contributed by atoms with E-state index in [0.29, 0.717) is 49.4 Å². The van der Waals surface area contributed by atoms with Gasteiger partial charge in [0.05, 0.1) is 22.9 Å². The fraction of sp³-hybridized carbons (Fsp3) is 0.280. The molecule has 1 amide bonds. The van der Waals surface area contributed by atoms with Crippen molar-refractivity contribution in [2.45, 2.75) is 25.7 Å². The molecule has 204 valence electrons. The molecule has 0 saturated carbocycles. The first kappa shape index (κ1) is 27.7. The number of hydrogen-bond donors (Lipinski definition) is 5. The number of alkyl halides is 3. The van der Waals surface area contributed by atoms with Gasteiger partial charge in [-0.05, 0) is 41.8 Å². The molecule has 0 bridgehead atoms. The van der Waals surface area contributed by atoms with E-state index in [9.17, 15) is 23.2 Å². The van der Waals surface area contributed by atoms with Crippen molar-refractivity contribution in [3.63, 3.8) is 0 Å². The Kier molecular flexibility index (Phi) is 8.90. The maximum atomic E-state index is 12.3. The summed E-state index contributed by atoms with van der Waals surface area (Å²) >= 11 is 5.84. The van der Waals surface area contributed by atoms with Crippen LogP contribution in [-0.2, 0) is 11.3 Å². The van der Waals surface area contributed by atoms with Gasteiger partial charge in [-0.2, -0.15) is 15.5 Å². The summed E-state index contributed by atoms with van der Waals surface area (Å²) < 4.78 is 40.8. The highest BCUT2D eigenvalue weighted by Crippen LogP contribution is 2.32. The Labute approximate surface area is 225 Å². The number of nitrogens with zero attached hydrogens (tertiary/aromatic N) is 3. The maximum Gasteiger partial charge on any atom is 0.573 e. The number of aromatic nitrogens is 4. The van der Waals surface area contributed by atoms with E-state index in [-0.39, 0.29) is 17.4 Å². The third-order valence-corrected chi connectivity index (χ3v) is 5.99. The van der Waals surface area contributed by atoms with Crippen LogP contribution < -0.4 is 20.7 Å². The molecule has 39 heavy (non-hydrogen) atoms. The number of rotatable bonds is 12. The normalized spacial score (nSPS) is 11.4. The number of fused-ring (bicyclic) bond motifs is 1. The number of nitrogens with one attached hydrogen (secondary N) is 5. The number of H-pyrrole nitrogens is 2. The molecule has 14 heteroatoms. The maximum absolute atomic E-state index is 12.3. The molecule has 0 spiro atoms. The van der Waals surface area contributed by atoms with Crippen LogP contribution in [-0.4, -0.2) is 52.3 Å². The molecule has 0 fully saturated rings. The summed E-state index contributed by atoms with van der Waals surface area (Å²) in [6.07, 6.45) is -0.588. The third kappa shape index (κ3) is 7.62. The van der Waals surface area contributed by atoms with E-state index in [1.165, 1.54) is 12.1 Å². The fourth-order valence-electron chi connectivity index (χ4n) is 3.87. The lowest BCUT2D eigenvalue weighted by atomic mass is 10.0.